The fourth-order valence-corrected chi connectivity index (χ4v) is 5.83. The van der Waals surface area contributed by atoms with Gasteiger partial charge in [-0.1, -0.05) is 36.4 Å². The van der Waals surface area contributed by atoms with Gasteiger partial charge in [0.2, 0.25) is 0 Å². The van der Waals surface area contributed by atoms with Gasteiger partial charge in [-0.15, -0.1) is 0 Å². The summed E-state index contributed by atoms with van der Waals surface area (Å²) in [6.07, 6.45) is 0. The number of hydrogen-bond acceptors (Lipinski definition) is 5. The molecule has 0 fully saturated rings. The highest BCUT2D eigenvalue weighted by Gasteiger charge is 2.06. The van der Waals surface area contributed by atoms with Crippen LogP contribution in [-0.2, 0) is 11.5 Å². The molecule has 0 saturated heterocycles. The lowest BCUT2D eigenvalue weighted by Crippen LogP contribution is -2.10. The Morgan fingerprint density at radius 3 is 1.52 bits per heavy atom. The first-order chi connectivity index (χ1) is 12.4. The van der Waals surface area contributed by atoms with Crippen LogP contribution in [0.3, 0.4) is 0 Å². The third-order valence-corrected chi connectivity index (χ3v) is 7.32. The van der Waals surface area contributed by atoms with Crippen LogP contribution in [0.5, 0.6) is 11.5 Å². The summed E-state index contributed by atoms with van der Waals surface area (Å²) in [7, 11) is 0. The highest BCUT2D eigenvalue weighted by molar-refractivity contribution is 8.04. The second-order valence-corrected chi connectivity index (χ2v) is 9.07. The van der Waals surface area contributed by atoms with Gasteiger partial charge >= 0.3 is 0 Å². The van der Waals surface area contributed by atoms with E-state index >= 15 is 0 Å². The van der Waals surface area contributed by atoms with Gasteiger partial charge in [-0.2, -0.15) is 35.3 Å². The minimum atomic E-state index is 0.568. The van der Waals surface area contributed by atoms with Crippen molar-refractivity contribution in [2.24, 2.45) is 0 Å². The fourth-order valence-electron chi connectivity index (χ4n) is 2.53. The highest BCUT2D eigenvalue weighted by atomic mass is 32.2. The summed E-state index contributed by atoms with van der Waals surface area (Å²) in [5.41, 5.74) is 2.55. The minimum absolute atomic E-state index is 0.568. The van der Waals surface area contributed by atoms with Crippen LogP contribution in [0, 0.1) is 0 Å². The fraction of sp³-hybridized carbons (Fsp3) is 0.400. The van der Waals surface area contributed by atoms with Gasteiger partial charge in [-0.25, -0.2) is 0 Å². The molecule has 1 heterocycles. The van der Waals surface area contributed by atoms with Crippen molar-refractivity contribution in [2.75, 3.05) is 36.2 Å². The smallest absolute Gasteiger partial charge is 0.123 e. The number of benzene rings is 2. The first-order valence-corrected chi connectivity index (χ1v) is 12.0. The third-order valence-electron chi connectivity index (χ3n) is 3.80. The lowest BCUT2D eigenvalue weighted by Gasteiger charge is -2.13. The van der Waals surface area contributed by atoms with Crippen LogP contribution in [0.25, 0.3) is 0 Å². The maximum absolute atomic E-state index is 5.98. The highest BCUT2D eigenvalue weighted by Crippen LogP contribution is 2.26. The molecular formula is C20H24O2S3. The van der Waals surface area contributed by atoms with Crippen LogP contribution in [0.1, 0.15) is 11.1 Å². The van der Waals surface area contributed by atoms with Gasteiger partial charge in [0.25, 0.3) is 0 Å². The summed E-state index contributed by atoms with van der Waals surface area (Å²) >= 11 is 6.03. The van der Waals surface area contributed by atoms with Crippen molar-refractivity contribution in [2.45, 2.75) is 11.5 Å². The number of para-hydroxylation sites is 2. The maximum Gasteiger partial charge on any atom is 0.123 e. The number of hydrogen-bond donors (Lipinski definition) is 0. The van der Waals surface area contributed by atoms with E-state index in [1.807, 2.05) is 35.7 Å². The molecule has 5 heteroatoms. The van der Waals surface area contributed by atoms with Crippen LogP contribution in [0.2, 0.25) is 0 Å². The second-order valence-electron chi connectivity index (χ2n) is 5.63. The van der Waals surface area contributed by atoms with E-state index in [1.54, 1.807) is 0 Å². The third kappa shape index (κ3) is 6.39. The molecule has 0 N–H and O–H groups in total. The molecule has 0 radical (unpaired) electrons. The van der Waals surface area contributed by atoms with Gasteiger partial charge < -0.3 is 9.47 Å². The number of fused-ring (bicyclic) bond motifs is 2. The van der Waals surface area contributed by atoms with E-state index in [1.165, 1.54) is 34.1 Å². The summed E-state index contributed by atoms with van der Waals surface area (Å²) in [5.74, 6) is 8.80. The van der Waals surface area contributed by atoms with Crippen molar-refractivity contribution in [3.63, 3.8) is 0 Å². The lowest BCUT2D eigenvalue weighted by molar-refractivity contribution is 0.215. The number of thioether (sulfide) groups is 3. The molecule has 0 unspecified atom stereocenters. The van der Waals surface area contributed by atoms with Crippen LogP contribution >= 0.6 is 35.3 Å². The van der Waals surface area contributed by atoms with E-state index in [0.29, 0.717) is 13.2 Å². The molecule has 2 aromatic rings. The van der Waals surface area contributed by atoms with Crippen molar-refractivity contribution < 1.29 is 9.47 Å². The van der Waals surface area contributed by atoms with Crippen LogP contribution in [0.15, 0.2) is 48.5 Å². The molecule has 0 saturated carbocycles. The van der Waals surface area contributed by atoms with E-state index in [9.17, 15) is 0 Å². The van der Waals surface area contributed by atoms with Gasteiger partial charge in [0.1, 0.15) is 24.7 Å². The van der Waals surface area contributed by atoms with Crippen LogP contribution in [-0.4, -0.2) is 36.2 Å². The zero-order valence-corrected chi connectivity index (χ0v) is 16.8. The Bertz CT molecular complexity index is 593. The molecule has 0 aromatic heterocycles. The predicted octanol–water partition coefficient (Wildman–Crippen LogP) is 5.36. The monoisotopic (exact) mass is 392 g/mol. The largest absolute Gasteiger partial charge is 0.490 e. The SMILES string of the molecule is c1ccc2c(c1)CSCCSCCSCc1ccccc1OCCO2. The predicted molar refractivity (Wildman–Crippen MR) is 114 cm³/mol. The topological polar surface area (TPSA) is 18.5 Å². The number of ether oxygens (including phenoxy) is 2. The van der Waals surface area contributed by atoms with Gasteiger partial charge in [0.05, 0.1) is 0 Å². The van der Waals surface area contributed by atoms with Crippen molar-refractivity contribution in [1.82, 2.24) is 0 Å². The van der Waals surface area contributed by atoms with Crippen molar-refractivity contribution in [3.05, 3.63) is 59.7 Å². The Morgan fingerprint density at radius 2 is 1.00 bits per heavy atom. The zero-order chi connectivity index (χ0) is 17.2. The molecule has 0 atom stereocenters. The average molecular weight is 393 g/mol. The average Bonchev–Trinajstić information content (AvgIpc) is 2.65. The Hall–Kier alpha value is -0.910. The molecular weight excluding hydrogens is 368 g/mol. The van der Waals surface area contributed by atoms with E-state index in [0.717, 1.165) is 23.0 Å². The summed E-state index contributed by atoms with van der Waals surface area (Å²) in [6, 6.07) is 16.7. The van der Waals surface area contributed by atoms with Gasteiger partial charge in [-0.3, -0.25) is 0 Å². The Balaban J connectivity index is 1.64. The maximum atomic E-state index is 5.98. The normalized spacial score (nSPS) is 17.3. The van der Waals surface area contributed by atoms with Gasteiger partial charge in [-0.05, 0) is 12.1 Å². The summed E-state index contributed by atoms with van der Waals surface area (Å²) in [5, 5.41) is 0. The molecule has 134 valence electrons. The van der Waals surface area contributed by atoms with Crippen molar-refractivity contribution >= 4 is 35.3 Å². The molecule has 0 bridgehead atoms. The van der Waals surface area contributed by atoms with Gasteiger partial charge in [0.15, 0.2) is 0 Å². The Kier molecular flexibility index (Phi) is 8.26. The van der Waals surface area contributed by atoms with E-state index < -0.39 is 0 Å². The van der Waals surface area contributed by atoms with Crippen molar-refractivity contribution in [3.8, 4) is 11.5 Å². The lowest BCUT2D eigenvalue weighted by atomic mass is 10.2. The minimum Gasteiger partial charge on any atom is -0.490 e. The number of rotatable bonds is 0. The molecule has 2 aromatic carbocycles. The first-order valence-electron chi connectivity index (χ1n) is 8.58. The molecule has 0 spiro atoms. The molecule has 0 aliphatic carbocycles. The van der Waals surface area contributed by atoms with Gasteiger partial charge in [0, 0.05) is 45.6 Å². The first kappa shape index (κ1) is 18.9. The quantitative estimate of drug-likeness (QED) is 0.599. The Morgan fingerprint density at radius 1 is 0.560 bits per heavy atom. The molecule has 0 amide bonds. The van der Waals surface area contributed by atoms with Crippen LogP contribution < -0.4 is 9.47 Å². The standard InChI is InChI=1S/C20H24O2S3/c1-3-7-19-17(5-1)15-24-13-11-23-12-14-25-16-18-6-2-4-8-20(18)22-10-9-21-19/h1-8H,9-16H2. The van der Waals surface area contributed by atoms with Crippen LogP contribution in [0.4, 0.5) is 0 Å². The molecule has 3 rings (SSSR count). The van der Waals surface area contributed by atoms with E-state index in [-0.39, 0.29) is 0 Å². The summed E-state index contributed by atoms with van der Waals surface area (Å²) in [4.78, 5) is 0. The summed E-state index contributed by atoms with van der Waals surface area (Å²) in [6.45, 7) is 1.14. The molecule has 25 heavy (non-hydrogen) atoms. The van der Waals surface area contributed by atoms with E-state index in [4.69, 9.17) is 9.47 Å². The van der Waals surface area contributed by atoms with Crippen molar-refractivity contribution in [1.29, 1.82) is 0 Å². The van der Waals surface area contributed by atoms with E-state index in [2.05, 4.69) is 48.2 Å². The second kappa shape index (κ2) is 10.9. The zero-order valence-electron chi connectivity index (χ0n) is 14.3. The Labute approximate surface area is 163 Å². The molecule has 2 nitrogen and oxygen atoms in total. The molecule has 1 aliphatic heterocycles. The molecule has 1 aliphatic rings. The summed E-state index contributed by atoms with van der Waals surface area (Å²) < 4.78 is 12.0.